The molecule has 0 aromatic carbocycles. The van der Waals surface area contributed by atoms with Crippen molar-refractivity contribution in [2.24, 2.45) is 5.41 Å². The Morgan fingerprint density at radius 2 is 1.44 bits per heavy atom. The molecule has 1 aliphatic rings. The molecule has 1 fully saturated rings. The van der Waals surface area contributed by atoms with Gasteiger partial charge >= 0.3 is 12.4 Å². The fourth-order valence-corrected chi connectivity index (χ4v) is 2.05. The second-order valence-electron chi connectivity index (χ2n) is 4.34. The maximum atomic E-state index is 12.6. The van der Waals surface area contributed by atoms with E-state index in [9.17, 15) is 26.3 Å². The van der Waals surface area contributed by atoms with Gasteiger partial charge in [-0.3, -0.25) is 0 Å². The van der Waals surface area contributed by atoms with Gasteiger partial charge in [0.25, 0.3) is 5.60 Å². The molecule has 0 radical (unpaired) electrons. The average molecular weight is 252 g/mol. The van der Waals surface area contributed by atoms with E-state index in [2.05, 4.69) is 4.74 Å². The zero-order chi connectivity index (χ0) is 13.0. The number of alkyl halides is 6. The van der Waals surface area contributed by atoms with Crippen LogP contribution in [0.2, 0.25) is 0 Å². The van der Waals surface area contributed by atoms with E-state index in [1.54, 1.807) is 0 Å². The van der Waals surface area contributed by atoms with Gasteiger partial charge in [0.15, 0.2) is 6.29 Å². The van der Waals surface area contributed by atoms with Crippen LogP contribution in [-0.2, 0) is 4.74 Å². The summed E-state index contributed by atoms with van der Waals surface area (Å²) in [4.78, 5) is 0. The van der Waals surface area contributed by atoms with Gasteiger partial charge < -0.3 is 9.84 Å². The monoisotopic (exact) mass is 252 g/mol. The Hall–Kier alpha value is -0.500. The van der Waals surface area contributed by atoms with E-state index in [0.717, 1.165) is 13.8 Å². The Balaban J connectivity index is 3.38. The number of aliphatic hydroxyl groups excluding tert-OH is 1. The lowest BCUT2D eigenvalue weighted by atomic mass is 9.73. The minimum absolute atomic E-state index is 0.730. The molecule has 0 spiro atoms. The molecule has 2 nitrogen and oxygen atoms in total. The molecule has 96 valence electrons. The van der Waals surface area contributed by atoms with Crippen LogP contribution < -0.4 is 0 Å². The van der Waals surface area contributed by atoms with E-state index in [1.165, 1.54) is 0 Å². The van der Waals surface area contributed by atoms with Crippen LogP contribution in [0.5, 0.6) is 0 Å². The lowest BCUT2D eigenvalue weighted by Crippen LogP contribution is -2.64. The van der Waals surface area contributed by atoms with Crippen LogP contribution in [0.25, 0.3) is 0 Å². The Labute approximate surface area is 87.2 Å². The third kappa shape index (κ3) is 1.58. The third-order valence-electron chi connectivity index (χ3n) is 2.75. The molecule has 1 heterocycles. The van der Waals surface area contributed by atoms with Crippen molar-refractivity contribution in [1.29, 1.82) is 0 Å². The number of halogens is 6. The zero-order valence-corrected chi connectivity index (χ0v) is 8.41. The summed E-state index contributed by atoms with van der Waals surface area (Å²) >= 11 is 0. The first-order valence-corrected chi connectivity index (χ1v) is 4.34. The molecule has 16 heavy (non-hydrogen) atoms. The molecule has 0 aromatic heterocycles. The Morgan fingerprint density at radius 1 is 1.06 bits per heavy atom. The van der Waals surface area contributed by atoms with Crippen LogP contribution in [0.15, 0.2) is 0 Å². The van der Waals surface area contributed by atoms with Gasteiger partial charge in [0.2, 0.25) is 0 Å². The first kappa shape index (κ1) is 13.6. The van der Waals surface area contributed by atoms with Crippen molar-refractivity contribution in [1.82, 2.24) is 0 Å². The van der Waals surface area contributed by atoms with E-state index in [4.69, 9.17) is 5.11 Å². The van der Waals surface area contributed by atoms with Gasteiger partial charge in [-0.15, -0.1) is 0 Å². The first-order valence-electron chi connectivity index (χ1n) is 4.34. The van der Waals surface area contributed by atoms with E-state index < -0.39 is 36.1 Å². The smallest absolute Gasteiger partial charge is 0.368 e. The molecule has 8 heteroatoms. The van der Waals surface area contributed by atoms with Crippen LogP contribution >= 0.6 is 0 Å². The molecule has 0 bridgehead atoms. The lowest BCUT2D eigenvalue weighted by Gasteiger charge is -2.41. The number of rotatable bonds is 0. The third-order valence-corrected chi connectivity index (χ3v) is 2.75. The van der Waals surface area contributed by atoms with Crippen molar-refractivity contribution >= 4 is 0 Å². The van der Waals surface area contributed by atoms with Crippen LogP contribution in [0, 0.1) is 5.41 Å². The molecular formula is C8H10F6O2. The summed E-state index contributed by atoms with van der Waals surface area (Å²) in [5, 5.41) is 8.90. The van der Waals surface area contributed by atoms with Gasteiger partial charge in [0, 0.05) is 11.8 Å². The van der Waals surface area contributed by atoms with E-state index in [0.29, 0.717) is 0 Å². The highest BCUT2D eigenvalue weighted by molar-refractivity contribution is 5.09. The summed E-state index contributed by atoms with van der Waals surface area (Å²) in [6.45, 7) is 1.54. The summed E-state index contributed by atoms with van der Waals surface area (Å²) in [5.74, 6) is 0. The van der Waals surface area contributed by atoms with Gasteiger partial charge in [-0.05, 0) is 0 Å². The fraction of sp³-hybridized carbons (Fsp3) is 1.00. The largest absolute Gasteiger partial charge is 0.427 e. The maximum absolute atomic E-state index is 12.6. The minimum Gasteiger partial charge on any atom is -0.368 e. The summed E-state index contributed by atoms with van der Waals surface area (Å²) in [6, 6.07) is 0. The Kier molecular flexibility index (Phi) is 2.76. The second-order valence-corrected chi connectivity index (χ2v) is 4.34. The molecule has 0 aromatic rings. The van der Waals surface area contributed by atoms with Crippen LogP contribution in [0.1, 0.15) is 20.3 Å². The summed E-state index contributed by atoms with van der Waals surface area (Å²) in [7, 11) is 0. The van der Waals surface area contributed by atoms with Gasteiger partial charge in [0.05, 0.1) is 0 Å². The Bertz CT molecular complexity index is 265. The van der Waals surface area contributed by atoms with E-state index in [-0.39, 0.29) is 0 Å². The molecule has 1 aliphatic heterocycles. The molecule has 0 amide bonds. The van der Waals surface area contributed by atoms with Crippen LogP contribution in [0.3, 0.4) is 0 Å². The number of aliphatic hydroxyl groups is 1. The van der Waals surface area contributed by atoms with Crippen molar-refractivity contribution in [3.8, 4) is 0 Å². The fourth-order valence-electron chi connectivity index (χ4n) is 2.05. The highest BCUT2D eigenvalue weighted by Crippen LogP contribution is 2.61. The van der Waals surface area contributed by atoms with Crippen molar-refractivity contribution in [2.75, 3.05) is 0 Å². The highest BCUT2D eigenvalue weighted by atomic mass is 19.4. The topological polar surface area (TPSA) is 29.5 Å². The molecule has 1 atom stereocenters. The normalized spacial score (nSPS) is 29.4. The summed E-state index contributed by atoms with van der Waals surface area (Å²) in [5.41, 5.74) is -6.59. The standard InChI is InChI=1S/C8H10F6O2/c1-5(2)3-4(15)16-6(5,7(9,10)11)8(12,13)14/h4,15H,3H2,1-2H3. The first-order chi connectivity index (χ1) is 6.85. The van der Waals surface area contributed by atoms with E-state index >= 15 is 0 Å². The van der Waals surface area contributed by atoms with Crippen molar-refractivity contribution in [3.63, 3.8) is 0 Å². The molecule has 1 rings (SSSR count). The minimum atomic E-state index is -5.63. The number of hydrogen-bond donors (Lipinski definition) is 1. The average Bonchev–Trinajstić information content (AvgIpc) is 2.16. The quantitative estimate of drug-likeness (QED) is 0.671. The number of hydrogen-bond acceptors (Lipinski definition) is 2. The summed E-state index contributed by atoms with van der Waals surface area (Å²) in [6.07, 6.45) is -14.1. The predicted octanol–water partition coefficient (Wildman–Crippen LogP) is 2.61. The van der Waals surface area contributed by atoms with E-state index in [1.807, 2.05) is 0 Å². The highest BCUT2D eigenvalue weighted by Gasteiger charge is 2.81. The number of ether oxygens (including phenoxy) is 1. The summed E-state index contributed by atoms with van der Waals surface area (Å²) < 4.78 is 79.5. The predicted molar refractivity (Wildman–Crippen MR) is 40.3 cm³/mol. The molecule has 1 N–H and O–H groups in total. The molecule has 1 saturated heterocycles. The SMILES string of the molecule is CC1(C)CC(O)OC1(C(F)(F)F)C(F)(F)F. The van der Waals surface area contributed by atoms with Gasteiger partial charge in [-0.2, -0.15) is 26.3 Å². The Morgan fingerprint density at radius 3 is 1.56 bits per heavy atom. The van der Waals surface area contributed by atoms with Gasteiger partial charge in [-0.25, -0.2) is 0 Å². The van der Waals surface area contributed by atoms with Gasteiger partial charge in [0.1, 0.15) is 0 Å². The van der Waals surface area contributed by atoms with Crippen molar-refractivity contribution in [2.45, 2.75) is 44.5 Å². The van der Waals surface area contributed by atoms with Crippen LogP contribution in [-0.4, -0.2) is 29.4 Å². The van der Waals surface area contributed by atoms with Crippen molar-refractivity contribution in [3.05, 3.63) is 0 Å². The van der Waals surface area contributed by atoms with Crippen molar-refractivity contribution < 1.29 is 36.2 Å². The molecule has 0 aliphatic carbocycles. The maximum Gasteiger partial charge on any atom is 0.427 e. The molecule has 0 saturated carbocycles. The zero-order valence-electron chi connectivity index (χ0n) is 8.41. The van der Waals surface area contributed by atoms with Gasteiger partial charge in [-0.1, -0.05) is 13.8 Å². The lowest BCUT2D eigenvalue weighted by molar-refractivity contribution is -0.405. The second kappa shape index (κ2) is 3.25. The van der Waals surface area contributed by atoms with Crippen LogP contribution in [0.4, 0.5) is 26.3 Å². The molecule has 1 unspecified atom stereocenters. The molecular weight excluding hydrogens is 242 g/mol.